The Labute approximate surface area is 184 Å². The zero-order valence-corrected chi connectivity index (χ0v) is 17.3. The lowest BCUT2D eigenvalue weighted by atomic mass is 10.1. The molecular formula is C23H15N3O5S. The van der Waals surface area contributed by atoms with Crippen molar-refractivity contribution < 1.29 is 19.1 Å². The molecule has 0 aliphatic carbocycles. The highest BCUT2D eigenvalue weighted by Crippen LogP contribution is 2.23. The molecule has 3 heterocycles. The Morgan fingerprint density at radius 2 is 1.88 bits per heavy atom. The van der Waals surface area contributed by atoms with E-state index in [1.165, 1.54) is 28.0 Å². The number of hydrogen-bond donors (Lipinski definition) is 1. The van der Waals surface area contributed by atoms with Crippen LogP contribution in [0, 0.1) is 0 Å². The van der Waals surface area contributed by atoms with Gasteiger partial charge in [-0.1, -0.05) is 41.7 Å². The highest BCUT2D eigenvalue weighted by Gasteiger charge is 2.12. The second-order valence-corrected chi connectivity index (χ2v) is 7.83. The molecule has 2 aromatic carbocycles. The Hall–Kier alpha value is -4.24. The fourth-order valence-corrected chi connectivity index (χ4v) is 4.00. The number of aromatic nitrogens is 3. The van der Waals surface area contributed by atoms with Crippen LogP contribution in [-0.2, 0) is 6.61 Å². The summed E-state index contributed by atoms with van der Waals surface area (Å²) in [6.45, 7) is 0.166. The van der Waals surface area contributed by atoms with E-state index in [9.17, 15) is 9.59 Å². The summed E-state index contributed by atoms with van der Waals surface area (Å²) in [6, 6.07) is 19.2. The smallest absolute Gasteiger partial charge is 0.335 e. The summed E-state index contributed by atoms with van der Waals surface area (Å²) in [4.78, 5) is 28.5. The summed E-state index contributed by atoms with van der Waals surface area (Å²) in [5.74, 6) is 1.21. The summed E-state index contributed by atoms with van der Waals surface area (Å²) >= 11 is 1.21. The minimum atomic E-state index is -0.987. The molecule has 0 aliphatic heterocycles. The number of para-hydroxylation sites is 1. The molecule has 0 spiro atoms. The van der Waals surface area contributed by atoms with Crippen molar-refractivity contribution in [3.8, 4) is 17.1 Å². The second kappa shape index (κ2) is 8.12. The highest BCUT2D eigenvalue weighted by molar-refractivity contribution is 7.15. The largest absolute Gasteiger partial charge is 0.486 e. The summed E-state index contributed by atoms with van der Waals surface area (Å²) < 4.78 is 13.1. The highest BCUT2D eigenvalue weighted by atomic mass is 32.1. The molecule has 5 aromatic rings. The van der Waals surface area contributed by atoms with Gasteiger partial charge in [0, 0.05) is 11.6 Å². The van der Waals surface area contributed by atoms with Gasteiger partial charge in [-0.3, -0.25) is 4.79 Å². The minimum absolute atomic E-state index is 0.166. The summed E-state index contributed by atoms with van der Waals surface area (Å²) in [6.07, 6.45) is 1.64. The Morgan fingerprint density at radius 1 is 1.09 bits per heavy atom. The number of thiazole rings is 1. The van der Waals surface area contributed by atoms with Crippen molar-refractivity contribution in [2.24, 2.45) is 0 Å². The van der Waals surface area contributed by atoms with Gasteiger partial charge in [0.1, 0.15) is 28.4 Å². The Kier molecular flexibility index (Phi) is 5.00. The Bertz CT molecular complexity index is 1520. The normalized spacial score (nSPS) is 11.8. The van der Waals surface area contributed by atoms with E-state index in [0.29, 0.717) is 32.6 Å². The van der Waals surface area contributed by atoms with Crippen LogP contribution in [0.15, 0.2) is 75.9 Å². The predicted molar refractivity (Wildman–Crippen MR) is 118 cm³/mol. The maximum atomic E-state index is 12.7. The molecule has 0 saturated carbocycles. The van der Waals surface area contributed by atoms with Crippen LogP contribution in [0.4, 0.5) is 0 Å². The number of fused-ring (bicyclic) bond motifs is 1. The van der Waals surface area contributed by atoms with Crippen LogP contribution in [-0.4, -0.2) is 25.7 Å². The van der Waals surface area contributed by atoms with Crippen LogP contribution >= 0.6 is 11.3 Å². The number of nitrogens with zero attached hydrogens (tertiary/aromatic N) is 3. The van der Waals surface area contributed by atoms with Gasteiger partial charge in [-0.25, -0.2) is 4.79 Å². The quantitative estimate of drug-likeness (QED) is 0.428. The van der Waals surface area contributed by atoms with Gasteiger partial charge < -0.3 is 14.3 Å². The molecule has 0 radical (unpaired) electrons. The first kappa shape index (κ1) is 19.7. The molecule has 0 unspecified atom stereocenters. The molecule has 0 bridgehead atoms. The monoisotopic (exact) mass is 445 g/mol. The van der Waals surface area contributed by atoms with Gasteiger partial charge in [0.15, 0.2) is 5.82 Å². The Morgan fingerprint density at radius 3 is 2.59 bits per heavy atom. The number of carboxylic acid groups (broad SMARTS) is 1. The fraction of sp³-hybridized carbons (Fsp3) is 0.0435. The van der Waals surface area contributed by atoms with Crippen molar-refractivity contribution in [2.75, 3.05) is 0 Å². The van der Waals surface area contributed by atoms with Crippen molar-refractivity contribution in [1.29, 1.82) is 0 Å². The maximum absolute atomic E-state index is 12.7. The van der Waals surface area contributed by atoms with Gasteiger partial charge in [-0.15, -0.1) is 5.10 Å². The molecule has 8 nitrogen and oxygen atoms in total. The molecule has 1 N–H and O–H groups in total. The molecular weight excluding hydrogens is 430 g/mol. The third-order valence-electron chi connectivity index (χ3n) is 4.65. The second-order valence-electron chi connectivity index (χ2n) is 6.82. The molecule has 0 fully saturated rings. The summed E-state index contributed by atoms with van der Waals surface area (Å²) in [5, 5.41) is 13.3. The first-order chi connectivity index (χ1) is 15.6. The lowest BCUT2D eigenvalue weighted by Gasteiger charge is -2.01. The van der Waals surface area contributed by atoms with E-state index in [4.69, 9.17) is 14.3 Å². The number of carboxylic acids is 1. The van der Waals surface area contributed by atoms with E-state index in [1.807, 2.05) is 30.3 Å². The zero-order valence-electron chi connectivity index (χ0n) is 16.5. The number of rotatable bonds is 6. The van der Waals surface area contributed by atoms with Crippen molar-refractivity contribution in [1.82, 2.24) is 14.6 Å². The molecule has 9 heteroatoms. The number of hydrogen-bond acceptors (Lipinski definition) is 7. The van der Waals surface area contributed by atoms with E-state index >= 15 is 0 Å². The number of furan rings is 1. The van der Waals surface area contributed by atoms with Crippen molar-refractivity contribution >= 4 is 28.3 Å². The van der Waals surface area contributed by atoms with E-state index in [2.05, 4.69) is 10.1 Å². The van der Waals surface area contributed by atoms with Crippen molar-refractivity contribution in [3.05, 3.63) is 98.8 Å². The first-order valence-corrected chi connectivity index (χ1v) is 10.4. The zero-order chi connectivity index (χ0) is 22.1. The maximum Gasteiger partial charge on any atom is 0.335 e. The average molecular weight is 445 g/mol. The molecule has 0 amide bonds. The number of carbonyl (C=O) groups is 1. The number of aromatic carboxylic acids is 1. The molecule has 0 atom stereocenters. The summed E-state index contributed by atoms with van der Waals surface area (Å²) in [7, 11) is 0. The molecule has 158 valence electrons. The lowest BCUT2D eigenvalue weighted by molar-refractivity contribution is 0.0697. The summed E-state index contributed by atoms with van der Waals surface area (Å²) in [5.41, 5.74) is 0.654. The minimum Gasteiger partial charge on any atom is -0.486 e. The van der Waals surface area contributed by atoms with Crippen LogP contribution in [0.2, 0.25) is 0 Å². The SMILES string of the molecule is O=C(O)c1ccc(-c2ccc(/C=c3\sc4nc(COc5ccccc5)nn4c3=O)o2)cc1. The van der Waals surface area contributed by atoms with Crippen LogP contribution in [0.3, 0.4) is 0 Å². The molecule has 32 heavy (non-hydrogen) atoms. The number of ether oxygens (including phenoxy) is 1. The topological polar surface area (TPSA) is 107 Å². The molecule has 3 aromatic heterocycles. The van der Waals surface area contributed by atoms with E-state index in [-0.39, 0.29) is 17.7 Å². The van der Waals surface area contributed by atoms with Crippen LogP contribution in [0.25, 0.3) is 22.4 Å². The third-order valence-corrected chi connectivity index (χ3v) is 5.61. The van der Waals surface area contributed by atoms with Crippen LogP contribution < -0.4 is 14.8 Å². The lowest BCUT2D eigenvalue weighted by Crippen LogP contribution is -2.23. The van der Waals surface area contributed by atoms with Crippen LogP contribution in [0.5, 0.6) is 5.75 Å². The van der Waals surface area contributed by atoms with Crippen molar-refractivity contribution in [3.63, 3.8) is 0 Å². The first-order valence-electron chi connectivity index (χ1n) is 9.58. The number of benzene rings is 2. The predicted octanol–water partition coefficient (Wildman–Crippen LogP) is 3.24. The molecule has 0 saturated heterocycles. The van der Waals surface area contributed by atoms with Crippen LogP contribution in [0.1, 0.15) is 21.9 Å². The molecule has 0 aliphatic rings. The van der Waals surface area contributed by atoms with Gasteiger partial charge in [0.2, 0.25) is 4.96 Å². The Balaban J connectivity index is 1.37. The third kappa shape index (κ3) is 3.88. The van der Waals surface area contributed by atoms with Gasteiger partial charge in [-0.05, 0) is 36.4 Å². The van der Waals surface area contributed by atoms with Gasteiger partial charge in [-0.2, -0.15) is 9.50 Å². The fourth-order valence-electron chi connectivity index (χ4n) is 3.09. The van der Waals surface area contributed by atoms with Gasteiger partial charge >= 0.3 is 5.97 Å². The average Bonchev–Trinajstić information content (AvgIpc) is 3.51. The van der Waals surface area contributed by atoms with E-state index in [0.717, 1.165) is 5.56 Å². The van der Waals surface area contributed by atoms with Gasteiger partial charge in [0.05, 0.1) is 5.56 Å². The van der Waals surface area contributed by atoms with E-state index < -0.39 is 5.97 Å². The standard InChI is InChI=1S/C23H15N3O5S/c27-21-19(12-17-10-11-18(31-17)14-6-8-15(9-7-14)22(28)29)32-23-24-20(25-26(21)23)13-30-16-4-2-1-3-5-16/h1-12H,13H2,(H,28,29)/b19-12-. The van der Waals surface area contributed by atoms with Crippen molar-refractivity contribution in [2.45, 2.75) is 6.61 Å². The van der Waals surface area contributed by atoms with E-state index in [1.54, 1.807) is 30.3 Å². The molecule has 5 rings (SSSR count). The van der Waals surface area contributed by atoms with Gasteiger partial charge in [0.25, 0.3) is 5.56 Å².